The van der Waals surface area contributed by atoms with Crippen molar-refractivity contribution in [2.24, 2.45) is 0 Å². The molecule has 2 fully saturated rings. The van der Waals surface area contributed by atoms with Crippen molar-refractivity contribution in [3.05, 3.63) is 29.8 Å². The van der Waals surface area contributed by atoms with Gasteiger partial charge in [-0.05, 0) is 37.1 Å². The Balaban J connectivity index is 0.00000108. The van der Waals surface area contributed by atoms with Crippen molar-refractivity contribution in [3.63, 3.8) is 0 Å². The highest BCUT2D eigenvalue weighted by atomic mass is 35.5. The maximum atomic E-state index is 8.76. The number of anilines is 1. The molecule has 2 heterocycles. The van der Waals surface area contributed by atoms with E-state index in [1.165, 1.54) is 18.5 Å². The average molecular weight is 250 g/mol. The maximum Gasteiger partial charge on any atom is 0.0991 e. The number of rotatable bonds is 1. The molecule has 2 atom stereocenters. The zero-order chi connectivity index (χ0) is 11.0. The quantitative estimate of drug-likeness (QED) is 0.827. The lowest BCUT2D eigenvalue weighted by molar-refractivity contribution is 0.466. The number of hydrogen-bond donors (Lipinski definition) is 1. The molecule has 3 rings (SSSR count). The molecule has 1 aromatic rings. The summed E-state index contributed by atoms with van der Waals surface area (Å²) in [4.78, 5) is 2.43. The molecule has 0 saturated carbocycles. The summed E-state index contributed by atoms with van der Waals surface area (Å²) in [6.07, 6.45) is 2.61. The predicted molar refractivity (Wildman–Crippen MR) is 70.6 cm³/mol. The molecule has 2 aliphatic rings. The first-order valence-corrected chi connectivity index (χ1v) is 5.86. The molecular weight excluding hydrogens is 234 g/mol. The lowest BCUT2D eigenvalue weighted by atomic mass is 10.1. The molecule has 17 heavy (non-hydrogen) atoms. The lowest BCUT2D eigenvalue weighted by Gasteiger charge is -2.34. The van der Waals surface area contributed by atoms with Crippen molar-refractivity contribution in [2.75, 3.05) is 18.0 Å². The molecule has 90 valence electrons. The fourth-order valence-electron chi connectivity index (χ4n) is 2.75. The molecule has 3 nitrogen and oxygen atoms in total. The van der Waals surface area contributed by atoms with E-state index in [1.807, 2.05) is 12.1 Å². The summed E-state index contributed by atoms with van der Waals surface area (Å²) in [5, 5.41) is 12.4. The summed E-state index contributed by atoms with van der Waals surface area (Å²) < 4.78 is 0. The fraction of sp³-hybridized carbons (Fsp3) is 0.462. The second kappa shape index (κ2) is 4.95. The molecule has 2 unspecified atom stereocenters. The van der Waals surface area contributed by atoms with E-state index in [9.17, 15) is 0 Å². The predicted octanol–water partition coefficient (Wildman–Crippen LogP) is 1.92. The molecule has 0 radical (unpaired) electrons. The van der Waals surface area contributed by atoms with E-state index >= 15 is 0 Å². The van der Waals surface area contributed by atoms with Gasteiger partial charge in [0, 0.05) is 30.9 Å². The van der Waals surface area contributed by atoms with E-state index in [-0.39, 0.29) is 12.4 Å². The van der Waals surface area contributed by atoms with Gasteiger partial charge < -0.3 is 10.2 Å². The van der Waals surface area contributed by atoms with Gasteiger partial charge in [0.1, 0.15) is 0 Å². The average Bonchev–Trinajstić information content (AvgIpc) is 2.68. The second-order valence-corrected chi connectivity index (χ2v) is 4.70. The van der Waals surface area contributed by atoms with Gasteiger partial charge in [-0.15, -0.1) is 12.4 Å². The third-order valence-corrected chi connectivity index (χ3v) is 3.58. The van der Waals surface area contributed by atoms with Gasteiger partial charge in [-0.25, -0.2) is 0 Å². The largest absolute Gasteiger partial charge is 0.368 e. The first kappa shape index (κ1) is 12.2. The highest BCUT2D eigenvalue weighted by Gasteiger charge is 2.31. The summed E-state index contributed by atoms with van der Waals surface area (Å²) in [5.41, 5.74) is 1.99. The van der Waals surface area contributed by atoms with Gasteiger partial charge in [-0.1, -0.05) is 0 Å². The van der Waals surface area contributed by atoms with Crippen LogP contribution in [0.15, 0.2) is 24.3 Å². The van der Waals surface area contributed by atoms with Crippen molar-refractivity contribution >= 4 is 18.1 Å². The van der Waals surface area contributed by atoms with Gasteiger partial charge in [0.25, 0.3) is 0 Å². The van der Waals surface area contributed by atoms with Gasteiger partial charge in [0.05, 0.1) is 11.6 Å². The van der Waals surface area contributed by atoms with Crippen LogP contribution >= 0.6 is 12.4 Å². The zero-order valence-electron chi connectivity index (χ0n) is 9.60. The molecule has 4 heteroatoms. The fourth-order valence-corrected chi connectivity index (χ4v) is 2.75. The van der Waals surface area contributed by atoms with Gasteiger partial charge in [0.2, 0.25) is 0 Å². The van der Waals surface area contributed by atoms with Gasteiger partial charge >= 0.3 is 0 Å². The van der Waals surface area contributed by atoms with Crippen LogP contribution in [-0.4, -0.2) is 25.2 Å². The SMILES string of the molecule is Cl.N#Cc1ccc(N2CC3CCC(C2)N3)cc1. The van der Waals surface area contributed by atoms with Crippen LogP contribution in [0, 0.1) is 11.3 Å². The van der Waals surface area contributed by atoms with Crippen LogP contribution in [0.3, 0.4) is 0 Å². The van der Waals surface area contributed by atoms with Crippen molar-refractivity contribution in [3.8, 4) is 6.07 Å². The highest BCUT2D eigenvalue weighted by Crippen LogP contribution is 2.25. The molecule has 2 aliphatic heterocycles. The number of nitrogens with one attached hydrogen (secondary N) is 1. The smallest absolute Gasteiger partial charge is 0.0991 e. The van der Waals surface area contributed by atoms with E-state index in [0.717, 1.165) is 18.7 Å². The van der Waals surface area contributed by atoms with E-state index in [1.54, 1.807) is 0 Å². The minimum atomic E-state index is 0. The Morgan fingerprint density at radius 1 is 1.12 bits per heavy atom. The van der Waals surface area contributed by atoms with Crippen molar-refractivity contribution in [2.45, 2.75) is 24.9 Å². The van der Waals surface area contributed by atoms with Crippen LogP contribution in [0.4, 0.5) is 5.69 Å². The van der Waals surface area contributed by atoms with Gasteiger partial charge in [-0.3, -0.25) is 0 Å². The molecule has 0 aromatic heterocycles. The van der Waals surface area contributed by atoms with E-state index < -0.39 is 0 Å². The number of benzene rings is 1. The minimum absolute atomic E-state index is 0. The number of nitriles is 1. The normalized spacial score (nSPS) is 26.2. The Morgan fingerprint density at radius 3 is 2.24 bits per heavy atom. The summed E-state index contributed by atoms with van der Waals surface area (Å²) in [5.74, 6) is 0. The van der Waals surface area contributed by atoms with Crippen LogP contribution in [0.2, 0.25) is 0 Å². The minimum Gasteiger partial charge on any atom is -0.368 e. The number of hydrogen-bond acceptors (Lipinski definition) is 3. The number of nitrogens with zero attached hydrogens (tertiary/aromatic N) is 2. The third-order valence-electron chi connectivity index (χ3n) is 3.58. The molecule has 0 spiro atoms. The van der Waals surface area contributed by atoms with Crippen molar-refractivity contribution in [1.29, 1.82) is 5.26 Å². The highest BCUT2D eigenvalue weighted by molar-refractivity contribution is 5.85. The first-order chi connectivity index (χ1) is 7.85. The summed E-state index contributed by atoms with van der Waals surface area (Å²) in [7, 11) is 0. The maximum absolute atomic E-state index is 8.76. The molecular formula is C13H16ClN3. The van der Waals surface area contributed by atoms with Crippen LogP contribution in [0.25, 0.3) is 0 Å². The van der Waals surface area contributed by atoms with Crippen LogP contribution in [0.5, 0.6) is 0 Å². The van der Waals surface area contributed by atoms with Crippen LogP contribution in [0.1, 0.15) is 18.4 Å². The zero-order valence-corrected chi connectivity index (χ0v) is 10.4. The number of halogens is 1. The Bertz CT molecular complexity index is 411. The molecule has 1 N–H and O–H groups in total. The Morgan fingerprint density at radius 2 is 1.71 bits per heavy atom. The molecule has 0 amide bonds. The van der Waals surface area contributed by atoms with Gasteiger partial charge in [0.15, 0.2) is 0 Å². The topological polar surface area (TPSA) is 39.1 Å². The van der Waals surface area contributed by atoms with E-state index in [0.29, 0.717) is 12.1 Å². The van der Waals surface area contributed by atoms with E-state index in [2.05, 4.69) is 28.4 Å². The van der Waals surface area contributed by atoms with Crippen LogP contribution in [-0.2, 0) is 0 Å². The summed E-state index contributed by atoms with van der Waals surface area (Å²) in [6.45, 7) is 2.20. The molecule has 0 aliphatic carbocycles. The first-order valence-electron chi connectivity index (χ1n) is 5.86. The number of fused-ring (bicyclic) bond motifs is 2. The Labute approximate surface area is 108 Å². The molecule has 2 saturated heterocycles. The third kappa shape index (κ3) is 2.38. The van der Waals surface area contributed by atoms with E-state index in [4.69, 9.17) is 5.26 Å². The summed E-state index contributed by atoms with van der Waals surface area (Å²) in [6, 6.07) is 11.4. The monoisotopic (exact) mass is 249 g/mol. The summed E-state index contributed by atoms with van der Waals surface area (Å²) >= 11 is 0. The standard InChI is InChI=1S/C13H15N3.ClH/c14-7-10-1-5-13(6-2-10)16-8-11-3-4-12(9-16)15-11;/h1-2,5-6,11-12,15H,3-4,8-9H2;1H. The number of piperazine rings is 1. The Hall–Kier alpha value is -1.24. The second-order valence-electron chi connectivity index (χ2n) is 4.70. The molecule has 1 aromatic carbocycles. The lowest BCUT2D eigenvalue weighted by Crippen LogP contribution is -2.51. The van der Waals surface area contributed by atoms with Crippen LogP contribution < -0.4 is 10.2 Å². The van der Waals surface area contributed by atoms with Gasteiger partial charge in [-0.2, -0.15) is 5.26 Å². The van der Waals surface area contributed by atoms with Crippen molar-refractivity contribution < 1.29 is 0 Å². The molecule has 2 bridgehead atoms. The Kier molecular flexibility index (Phi) is 3.56. The van der Waals surface area contributed by atoms with Crippen molar-refractivity contribution in [1.82, 2.24) is 5.32 Å².